The molecule has 11 nitrogen and oxygen atoms in total. The number of phenols is 1. The molecule has 0 radical (unpaired) electrons. The molecular formula is C63H77N3O8. The summed E-state index contributed by atoms with van der Waals surface area (Å²) >= 11 is 0. The fraction of sp³-hybridized carbons (Fsp3) is 0.492. The summed E-state index contributed by atoms with van der Waals surface area (Å²) in [4.78, 5) is 29.2. The van der Waals surface area contributed by atoms with Crippen molar-refractivity contribution in [2.45, 2.75) is 146 Å². The Hall–Kier alpha value is -5.42. The lowest BCUT2D eigenvalue weighted by Gasteiger charge is -2.57. The molecule has 4 bridgehead atoms. The number of amides is 1. The summed E-state index contributed by atoms with van der Waals surface area (Å²) in [5.74, 6) is 5.08. The Kier molecular flexibility index (Phi) is 16.8. The molecule has 9 N–H and O–H groups in total. The predicted octanol–water partition coefficient (Wildman–Crippen LogP) is 8.20. The van der Waals surface area contributed by atoms with Crippen molar-refractivity contribution in [2.24, 2.45) is 34.8 Å². The van der Waals surface area contributed by atoms with Crippen LogP contribution in [0.15, 0.2) is 125 Å². The maximum absolute atomic E-state index is 15.2. The summed E-state index contributed by atoms with van der Waals surface area (Å²) in [6.07, 6.45) is 13.0. The van der Waals surface area contributed by atoms with Gasteiger partial charge >= 0.3 is 0 Å². The van der Waals surface area contributed by atoms with Gasteiger partial charge < -0.3 is 41.3 Å². The zero-order valence-electron chi connectivity index (χ0n) is 43.3. The summed E-state index contributed by atoms with van der Waals surface area (Å²) in [5.41, 5.74) is 13.9. The van der Waals surface area contributed by atoms with Gasteiger partial charge in [0.25, 0.3) is 0 Å². The number of carbonyl (C=O) groups excluding carboxylic acids is 2. The first-order chi connectivity index (χ1) is 35.6. The van der Waals surface area contributed by atoms with Crippen LogP contribution in [0.25, 0.3) is 0 Å². The van der Waals surface area contributed by atoms with Gasteiger partial charge in [-0.15, -0.1) is 0 Å². The number of aromatic hydroxyl groups is 1. The third-order valence-electron chi connectivity index (χ3n) is 17.7. The summed E-state index contributed by atoms with van der Waals surface area (Å²) in [6.45, 7) is 8.88. The lowest BCUT2D eigenvalue weighted by Crippen LogP contribution is -2.61. The number of ketones is 1. The molecule has 11 unspecified atom stereocenters. The third kappa shape index (κ3) is 11.4. The molecule has 392 valence electrons. The van der Waals surface area contributed by atoms with Crippen molar-refractivity contribution in [1.29, 1.82) is 0 Å². The Bertz CT molecular complexity index is 2760. The lowest BCUT2D eigenvalue weighted by molar-refractivity contribution is -0.181. The second-order valence-corrected chi connectivity index (χ2v) is 22.5. The van der Waals surface area contributed by atoms with Gasteiger partial charge in [0.15, 0.2) is 5.78 Å². The first-order valence-electron chi connectivity index (χ1n) is 27.1. The van der Waals surface area contributed by atoms with Crippen LogP contribution in [0.5, 0.6) is 5.75 Å². The summed E-state index contributed by atoms with van der Waals surface area (Å²) < 4.78 is 6.29. The van der Waals surface area contributed by atoms with Gasteiger partial charge in [0.05, 0.1) is 30.5 Å². The van der Waals surface area contributed by atoms with Gasteiger partial charge in [-0.2, -0.15) is 0 Å². The maximum Gasteiger partial charge on any atom is 0.243 e. The minimum atomic E-state index is -1.23. The zero-order valence-corrected chi connectivity index (χ0v) is 43.3. The second kappa shape index (κ2) is 23.2. The highest BCUT2D eigenvalue weighted by atomic mass is 16.5. The number of phenolic OH excluding ortho intramolecular Hbond substituents is 1. The van der Waals surface area contributed by atoms with Crippen molar-refractivity contribution in [1.82, 2.24) is 10.6 Å². The van der Waals surface area contributed by atoms with Crippen LogP contribution in [0.2, 0.25) is 0 Å². The molecule has 3 aromatic carbocycles. The standard InChI is InChI=1S/C63H77N3O8/c1-39-11-4-5-30-74-38-47(18-7-14-40(2)13-6-12-39)56-46-19-10-28-62(73)29-27-51-41(3)54(69)35-45-17-9-20-52-57(45)58(61(72)66-60(52)64)65-37-55(70)48(32-42-21-23-49(67)24-22-42)33-43-15-8-16-44(31-43)34-50(68)25-26-53(51)63(62,36-46)59(56)71/h7-9,12,14-18,20-24,31,46,48,50,53,55-56,58-60,65,67-68,70-71,73H,2,6,10-11,13,19,25-30,32-38,64H2,1,3H3,(H,66,72). The number of nitrogens with one attached hydrogen (secondary N) is 2. The van der Waals surface area contributed by atoms with Gasteiger partial charge in [-0.3, -0.25) is 14.9 Å². The number of fused-ring (bicyclic) bond motifs is 4. The van der Waals surface area contributed by atoms with Gasteiger partial charge in [-0.1, -0.05) is 120 Å². The maximum atomic E-state index is 15.2. The van der Waals surface area contributed by atoms with Crippen molar-refractivity contribution in [2.75, 3.05) is 19.8 Å². The number of carbonyl (C=O) groups is 2. The number of rotatable bonds is 3. The van der Waals surface area contributed by atoms with E-state index in [1.807, 2.05) is 67.6 Å². The number of allylic oxidation sites excluding steroid dienone is 8. The van der Waals surface area contributed by atoms with Crippen LogP contribution in [0.4, 0.5) is 0 Å². The van der Waals surface area contributed by atoms with Crippen molar-refractivity contribution in [3.05, 3.63) is 159 Å². The third-order valence-corrected chi connectivity index (χ3v) is 17.7. The number of benzene rings is 3. The molecule has 0 saturated heterocycles. The van der Waals surface area contributed by atoms with E-state index in [0.717, 1.165) is 59.1 Å². The summed E-state index contributed by atoms with van der Waals surface area (Å²) in [6, 6.07) is 19.8. The van der Waals surface area contributed by atoms with E-state index in [1.54, 1.807) is 12.1 Å². The SMILES string of the molecule is C=C1C=CC=C(C2C3CCCC4(O)CCC5=C(C)C(=O)Cc6cccc7c6C(NCC(O)C(Cc6ccc(O)cc6)Cc6cccc(c6)CC(O)CCC5C4(C3)C2O)C(=O)NC7N)COCC#CCC(C)=CCC1. The highest BCUT2D eigenvalue weighted by Crippen LogP contribution is 2.68. The highest BCUT2D eigenvalue weighted by Gasteiger charge is 2.69. The van der Waals surface area contributed by atoms with Gasteiger partial charge in [0.2, 0.25) is 5.91 Å². The van der Waals surface area contributed by atoms with E-state index in [4.69, 9.17) is 10.5 Å². The number of nitrogens with two attached hydrogens (primary N) is 1. The average molecular weight is 1000 g/mol. The van der Waals surface area contributed by atoms with Crippen LogP contribution in [0, 0.1) is 40.9 Å². The van der Waals surface area contributed by atoms with E-state index in [1.165, 1.54) is 5.57 Å². The number of aliphatic hydroxyl groups is 4. The molecule has 1 spiro atoms. The van der Waals surface area contributed by atoms with Gasteiger partial charge in [0.1, 0.15) is 24.6 Å². The number of β-amino-alcohol motifs (C(OH)–C–C–N with tert-alkyl or cyclic N) is 1. The van der Waals surface area contributed by atoms with Crippen LogP contribution in [0.3, 0.4) is 0 Å². The molecule has 74 heavy (non-hydrogen) atoms. The van der Waals surface area contributed by atoms with Crippen LogP contribution < -0.4 is 16.4 Å². The quantitative estimate of drug-likeness (QED) is 0.0937. The summed E-state index contributed by atoms with van der Waals surface area (Å²) in [5, 5.41) is 67.2. The van der Waals surface area contributed by atoms with Crippen molar-refractivity contribution in [3.8, 4) is 17.6 Å². The smallest absolute Gasteiger partial charge is 0.243 e. The Morgan fingerprint density at radius 2 is 1.72 bits per heavy atom. The van der Waals surface area contributed by atoms with Crippen molar-refractivity contribution in [3.63, 3.8) is 0 Å². The minimum Gasteiger partial charge on any atom is -0.508 e. The fourth-order valence-corrected chi connectivity index (χ4v) is 14.0. The molecule has 1 amide bonds. The number of hydrogen-bond acceptors (Lipinski definition) is 10. The van der Waals surface area contributed by atoms with E-state index in [0.29, 0.717) is 86.5 Å². The molecule has 3 fully saturated rings. The largest absolute Gasteiger partial charge is 0.508 e. The van der Waals surface area contributed by atoms with Crippen LogP contribution in [0.1, 0.15) is 130 Å². The van der Waals surface area contributed by atoms with Crippen molar-refractivity contribution >= 4 is 11.7 Å². The fourth-order valence-electron chi connectivity index (χ4n) is 14.0. The number of hydrogen-bond donors (Lipinski definition) is 8. The van der Waals surface area contributed by atoms with E-state index in [-0.39, 0.29) is 61.4 Å². The molecule has 11 heteroatoms. The number of Topliss-reactive ketones (excluding diaryl/α,β-unsaturated/α-hetero) is 1. The van der Waals surface area contributed by atoms with Gasteiger partial charge in [0, 0.05) is 30.7 Å². The minimum absolute atomic E-state index is 0.0157. The molecule has 3 aliphatic carbocycles. The molecule has 3 saturated carbocycles. The van der Waals surface area contributed by atoms with Crippen LogP contribution in [-0.4, -0.2) is 80.9 Å². The molecule has 9 rings (SSSR count). The highest BCUT2D eigenvalue weighted by molar-refractivity contribution is 5.98. The average Bonchev–Trinajstić information content (AvgIpc) is 3.60. The van der Waals surface area contributed by atoms with Gasteiger partial charge in [-0.05, 0) is 165 Å². The van der Waals surface area contributed by atoms with Crippen LogP contribution >= 0.6 is 0 Å². The normalized spacial score (nSPS) is 32.6. The van der Waals surface area contributed by atoms with Crippen LogP contribution in [-0.2, 0) is 40.0 Å². The lowest BCUT2D eigenvalue weighted by atomic mass is 9.51. The second-order valence-electron chi connectivity index (χ2n) is 22.5. The van der Waals surface area contributed by atoms with Crippen molar-refractivity contribution < 1.29 is 39.9 Å². The molecule has 6 aliphatic rings. The summed E-state index contributed by atoms with van der Waals surface area (Å²) in [7, 11) is 0. The number of ether oxygens (including phenoxy) is 1. The first kappa shape index (κ1) is 53.4. The Labute approximate surface area is 437 Å². The van der Waals surface area contributed by atoms with E-state index < -0.39 is 47.5 Å². The van der Waals surface area contributed by atoms with Gasteiger partial charge in [-0.25, -0.2) is 0 Å². The Balaban J connectivity index is 1.12. The molecule has 0 aromatic heterocycles. The molecule has 3 heterocycles. The van der Waals surface area contributed by atoms with E-state index in [2.05, 4.69) is 54.2 Å². The molecule has 11 atom stereocenters. The monoisotopic (exact) mass is 1000 g/mol. The molecular weight excluding hydrogens is 927 g/mol. The Morgan fingerprint density at radius 1 is 0.932 bits per heavy atom. The Morgan fingerprint density at radius 3 is 2.53 bits per heavy atom. The zero-order chi connectivity index (χ0) is 52.1. The number of aliphatic hydroxyl groups excluding tert-OH is 3. The topological polar surface area (TPSA) is 195 Å². The predicted molar refractivity (Wildman–Crippen MR) is 288 cm³/mol. The molecule has 3 aliphatic heterocycles. The molecule has 3 aromatic rings. The first-order valence-corrected chi connectivity index (χ1v) is 27.1. The van der Waals surface area contributed by atoms with E-state index in [9.17, 15) is 30.3 Å². The van der Waals surface area contributed by atoms with E-state index >= 15 is 4.79 Å².